The highest BCUT2D eigenvalue weighted by Crippen LogP contribution is 2.34. The summed E-state index contributed by atoms with van der Waals surface area (Å²) in [6, 6.07) is 0. The first-order valence-corrected chi connectivity index (χ1v) is 5.42. The van der Waals surface area contributed by atoms with Crippen LogP contribution in [-0.2, 0) is 9.53 Å². The summed E-state index contributed by atoms with van der Waals surface area (Å²) < 4.78 is 6.23. The molecular formula is C9H11IO2. The molecule has 3 heteroatoms. The minimum absolute atomic E-state index is 0.163. The Balaban J connectivity index is 2.19. The molecule has 0 saturated heterocycles. The van der Waals surface area contributed by atoms with E-state index < -0.39 is 0 Å². The van der Waals surface area contributed by atoms with Gasteiger partial charge in [-0.25, -0.2) is 0 Å². The number of hydrogen-bond donors (Lipinski definition) is 0. The molecule has 2 nitrogen and oxygen atoms in total. The lowest BCUT2D eigenvalue weighted by Crippen LogP contribution is -2.35. The minimum Gasteiger partial charge on any atom is -0.496 e. The maximum atomic E-state index is 11.6. The van der Waals surface area contributed by atoms with E-state index in [1.807, 2.05) is 0 Å². The monoisotopic (exact) mass is 278 g/mol. The van der Waals surface area contributed by atoms with E-state index in [4.69, 9.17) is 4.74 Å². The fourth-order valence-corrected chi connectivity index (χ4v) is 2.49. The Morgan fingerprint density at radius 2 is 2.17 bits per heavy atom. The number of allylic oxidation sites excluding steroid dienone is 1. The number of rotatable bonds is 0. The Bertz CT molecular complexity index is 235. The maximum Gasteiger partial charge on any atom is 0.178 e. The molecule has 0 bridgehead atoms. The summed E-state index contributed by atoms with van der Waals surface area (Å²) in [6.07, 6.45) is 6.26. The van der Waals surface area contributed by atoms with Crippen molar-refractivity contribution < 1.29 is 9.53 Å². The number of ketones is 1. The van der Waals surface area contributed by atoms with Crippen LogP contribution in [0, 0.1) is 5.92 Å². The molecule has 12 heavy (non-hydrogen) atoms. The smallest absolute Gasteiger partial charge is 0.178 e. The van der Waals surface area contributed by atoms with Crippen molar-refractivity contribution in [1.29, 1.82) is 0 Å². The van der Waals surface area contributed by atoms with Gasteiger partial charge in [0.25, 0.3) is 0 Å². The van der Waals surface area contributed by atoms with Crippen molar-refractivity contribution in [2.75, 3.05) is 0 Å². The third-order valence-electron chi connectivity index (χ3n) is 2.62. The SMILES string of the molecule is O=C1C(I)=COC2CCCCC12. The van der Waals surface area contributed by atoms with Gasteiger partial charge in [-0.2, -0.15) is 0 Å². The second-order valence-corrected chi connectivity index (χ2v) is 4.56. The summed E-state index contributed by atoms with van der Waals surface area (Å²) in [7, 11) is 0. The van der Waals surface area contributed by atoms with Crippen molar-refractivity contribution in [2.45, 2.75) is 31.8 Å². The van der Waals surface area contributed by atoms with Gasteiger partial charge in [-0.05, 0) is 41.9 Å². The molecule has 1 fully saturated rings. The molecule has 2 rings (SSSR count). The van der Waals surface area contributed by atoms with E-state index in [9.17, 15) is 4.79 Å². The average Bonchev–Trinajstić information content (AvgIpc) is 2.12. The number of hydrogen-bond acceptors (Lipinski definition) is 2. The lowest BCUT2D eigenvalue weighted by molar-refractivity contribution is -0.125. The number of Topliss-reactive ketones (excluding diaryl/α,β-unsaturated/α-hetero) is 1. The van der Waals surface area contributed by atoms with Crippen molar-refractivity contribution in [2.24, 2.45) is 5.92 Å². The molecule has 0 N–H and O–H groups in total. The molecule has 0 amide bonds. The lowest BCUT2D eigenvalue weighted by Gasteiger charge is -2.32. The summed E-state index contributed by atoms with van der Waals surface area (Å²) >= 11 is 2.06. The van der Waals surface area contributed by atoms with Crippen LogP contribution in [0.5, 0.6) is 0 Å². The van der Waals surface area contributed by atoms with Gasteiger partial charge >= 0.3 is 0 Å². The molecule has 1 aliphatic carbocycles. The van der Waals surface area contributed by atoms with Crippen molar-refractivity contribution in [3.8, 4) is 0 Å². The van der Waals surface area contributed by atoms with Crippen LogP contribution >= 0.6 is 22.6 Å². The molecule has 66 valence electrons. The van der Waals surface area contributed by atoms with Crippen molar-refractivity contribution in [3.05, 3.63) is 9.84 Å². The van der Waals surface area contributed by atoms with E-state index in [1.165, 1.54) is 12.8 Å². The molecule has 0 aromatic carbocycles. The van der Waals surface area contributed by atoms with Gasteiger partial charge in [0.2, 0.25) is 0 Å². The van der Waals surface area contributed by atoms with Crippen LogP contribution in [0.1, 0.15) is 25.7 Å². The second kappa shape index (κ2) is 3.36. The van der Waals surface area contributed by atoms with Gasteiger partial charge in [-0.15, -0.1) is 0 Å². The first kappa shape index (κ1) is 8.53. The maximum absolute atomic E-state index is 11.6. The minimum atomic E-state index is 0.163. The second-order valence-electron chi connectivity index (χ2n) is 3.40. The highest BCUT2D eigenvalue weighted by molar-refractivity contribution is 14.1. The predicted octanol–water partition coefficient (Wildman–Crippen LogP) is 2.42. The summed E-state index contributed by atoms with van der Waals surface area (Å²) in [5, 5.41) is 0. The zero-order valence-electron chi connectivity index (χ0n) is 6.75. The standard InChI is InChI=1S/C9H11IO2/c10-7-5-12-8-4-2-1-3-6(8)9(7)11/h5-6,8H,1-4H2. The first-order chi connectivity index (χ1) is 5.79. The Kier molecular flexibility index (Phi) is 2.39. The third kappa shape index (κ3) is 1.39. The van der Waals surface area contributed by atoms with E-state index >= 15 is 0 Å². The zero-order valence-corrected chi connectivity index (χ0v) is 8.91. The number of halogens is 1. The Morgan fingerprint density at radius 1 is 1.42 bits per heavy atom. The van der Waals surface area contributed by atoms with Crippen LogP contribution in [0.25, 0.3) is 0 Å². The van der Waals surface area contributed by atoms with Gasteiger partial charge in [-0.3, -0.25) is 4.79 Å². The van der Waals surface area contributed by atoms with Gasteiger partial charge in [0.05, 0.1) is 9.50 Å². The molecule has 1 saturated carbocycles. The third-order valence-corrected chi connectivity index (χ3v) is 3.41. The van der Waals surface area contributed by atoms with Crippen LogP contribution in [0.3, 0.4) is 0 Å². The Hall–Kier alpha value is -0.0600. The van der Waals surface area contributed by atoms with Crippen LogP contribution in [-0.4, -0.2) is 11.9 Å². The van der Waals surface area contributed by atoms with E-state index in [2.05, 4.69) is 22.6 Å². The summed E-state index contributed by atoms with van der Waals surface area (Å²) in [5.74, 6) is 0.460. The van der Waals surface area contributed by atoms with E-state index in [0.29, 0.717) is 5.78 Å². The number of carbonyl (C=O) groups excluding carboxylic acids is 1. The average molecular weight is 278 g/mol. The summed E-state index contributed by atoms with van der Waals surface area (Å²) in [4.78, 5) is 11.6. The molecule has 0 spiro atoms. The van der Waals surface area contributed by atoms with Gasteiger partial charge < -0.3 is 4.74 Å². The summed E-state index contributed by atoms with van der Waals surface area (Å²) in [5.41, 5.74) is 0. The largest absolute Gasteiger partial charge is 0.496 e. The highest BCUT2D eigenvalue weighted by atomic mass is 127. The van der Waals surface area contributed by atoms with Crippen molar-refractivity contribution in [1.82, 2.24) is 0 Å². The van der Waals surface area contributed by atoms with Crippen LogP contribution in [0.4, 0.5) is 0 Å². The molecule has 1 heterocycles. The Morgan fingerprint density at radius 3 is 3.00 bits per heavy atom. The van der Waals surface area contributed by atoms with Gasteiger partial charge in [0, 0.05) is 0 Å². The molecule has 0 radical (unpaired) electrons. The molecular weight excluding hydrogens is 267 g/mol. The molecule has 2 aliphatic rings. The fourth-order valence-electron chi connectivity index (χ4n) is 1.94. The van der Waals surface area contributed by atoms with E-state index in [0.717, 1.165) is 16.4 Å². The normalized spacial score (nSPS) is 35.1. The molecule has 0 aromatic heterocycles. The van der Waals surface area contributed by atoms with Crippen LogP contribution in [0.2, 0.25) is 0 Å². The topological polar surface area (TPSA) is 26.3 Å². The highest BCUT2D eigenvalue weighted by Gasteiger charge is 2.35. The van der Waals surface area contributed by atoms with Crippen LogP contribution in [0.15, 0.2) is 9.84 Å². The van der Waals surface area contributed by atoms with E-state index in [1.54, 1.807) is 6.26 Å². The zero-order chi connectivity index (χ0) is 8.55. The molecule has 2 unspecified atom stereocenters. The van der Waals surface area contributed by atoms with Crippen molar-refractivity contribution in [3.63, 3.8) is 0 Å². The van der Waals surface area contributed by atoms with E-state index in [-0.39, 0.29) is 12.0 Å². The lowest BCUT2D eigenvalue weighted by atomic mass is 9.82. The number of fused-ring (bicyclic) bond motifs is 1. The van der Waals surface area contributed by atoms with Gasteiger partial charge in [0.1, 0.15) is 12.4 Å². The number of ether oxygens (including phenoxy) is 1. The first-order valence-electron chi connectivity index (χ1n) is 4.34. The Labute approximate surface area is 85.5 Å². The molecule has 1 aliphatic heterocycles. The molecule has 2 atom stereocenters. The number of carbonyl (C=O) groups is 1. The van der Waals surface area contributed by atoms with Crippen molar-refractivity contribution >= 4 is 28.4 Å². The van der Waals surface area contributed by atoms with Gasteiger partial charge in [0.15, 0.2) is 5.78 Å². The summed E-state index contributed by atoms with van der Waals surface area (Å²) in [6.45, 7) is 0. The quantitative estimate of drug-likeness (QED) is 0.636. The van der Waals surface area contributed by atoms with Crippen LogP contribution < -0.4 is 0 Å². The fraction of sp³-hybridized carbons (Fsp3) is 0.667. The predicted molar refractivity (Wildman–Crippen MR) is 53.9 cm³/mol. The molecule has 0 aromatic rings. The van der Waals surface area contributed by atoms with Gasteiger partial charge in [-0.1, -0.05) is 6.42 Å².